The van der Waals surface area contributed by atoms with Crippen molar-refractivity contribution < 1.29 is 22.1 Å². The summed E-state index contributed by atoms with van der Waals surface area (Å²) in [7, 11) is 0. The van der Waals surface area contributed by atoms with E-state index in [-0.39, 0.29) is 0 Å². The Balaban J connectivity index is 0.0000000969. The van der Waals surface area contributed by atoms with Crippen LogP contribution in [0.2, 0.25) is 0 Å². The number of aromatic nitrogens is 6. The second-order valence-electron chi connectivity index (χ2n) is 37.8. The third-order valence-electron chi connectivity index (χ3n) is 30.3. The summed E-state index contributed by atoms with van der Waals surface area (Å²) in [6, 6.07) is 165. The molecule has 0 saturated heterocycles. The first-order valence-electron chi connectivity index (χ1n) is 48.9. The summed E-state index contributed by atoms with van der Waals surface area (Å²) in [4.78, 5) is 0. The van der Waals surface area contributed by atoms with E-state index < -0.39 is 0 Å². The Hall–Kier alpha value is -19.1. The minimum Gasteiger partial charge on any atom is -0.456 e. The number of hydrogen-bond donors (Lipinski definition) is 0. The Morgan fingerprint density at radius 3 is 0.917 bits per heavy atom. The van der Waals surface area contributed by atoms with Gasteiger partial charge in [0.2, 0.25) is 0 Å². The zero-order chi connectivity index (χ0) is 93.8. The minimum atomic E-state index is 0.888. The summed E-state index contributed by atoms with van der Waals surface area (Å²) in [5.41, 5.74) is 32.0. The second-order valence-corrected chi connectivity index (χ2v) is 38.9. The van der Waals surface area contributed by atoms with E-state index in [1.54, 1.807) is 0 Å². The number of rotatable bonds is 7. The fourth-order valence-corrected chi connectivity index (χ4v) is 25.4. The maximum absolute atomic E-state index is 6.67. The summed E-state index contributed by atoms with van der Waals surface area (Å²) in [6.07, 6.45) is 0. The molecule has 670 valence electrons. The van der Waals surface area contributed by atoms with Crippen LogP contribution in [0.5, 0.6) is 0 Å². The van der Waals surface area contributed by atoms with Gasteiger partial charge in [0.05, 0.1) is 88.0 Å². The predicted molar refractivity (Wildman–Crippen MR) is 600 cm³/mol. The summed E-state index contributed by atoms with van der Waals surface area (Å²) >= 11 is 1.86. The van der Waals surface area contributed by atoms with Gasteiger partial charge in [-0.15, -0.1) is 11.3 Å². The van der Waals surface area contributed by atoms with Gasteiger partial charge in [0.25, 0.3) is 0 Å². The number of furan rings is 5. The Labute approximate surface area is 821 Å². The number of thiophene rings is 1. The van der Waals surface area contributed by atoms with Gasteiger partial charge in [-0.1, -0.05) is 249 Å². The van der Waals surface area contributed by atoms with Gasteiger partial charge in [-0.2, -0.15) is 0 Å². The number of nitrogens with zero attached hydrogens (tertiary/aromatic N) is 6. The van der Waals surface area contributed by atoms with Gasteiger partial charge in [-0.05, 0) is 223 Å². The molecule has 0 saturated carbocycles. The average Bonchev–Trinajstić information content (AvgIpc) is 1.54. The Morgan fingerprint density at radius 1 is 0.146 bits per heavy atom. The molecule has 0 amide bonds. The topological polar surface area (TPSA) is 95.3 Å². The molecule has 12 heteroatoms. The van der Waals surface area contributed by atoms with Crippen molar-refractivity contribution in [2.75, 3.05) is 0 Å². The molecule has 0 radical (unpaired) electrons. The Bertz CT molecular complexity index is 11500. The summed E-state index contributed by atoms with van der Waals surface area (Å²) in [5, 5.41) is 28.2. The molecule has 0 aliphatic carbocycles. The van der Waals surface area contributed by atoms with Crippen LogP contribution in [0.15, 0.2) is 483 Å². The van der Waals surface area contributed by atoms with Crippen molar-refractivity contribution in [2.24, 2.45) is 0 Å². The van der Waals surface area contributed by atoms with Gasteiger partial charge in [0.1, 0.15) is 50.2 Å². The lowest BCUT2D eigenvalue weighted by molar-refractivity contribution is 0.666. The predicted octanol–water partition coefficient (Wildman–Crippen LogP) is 37.2. The van der Waals surface area contributed by atoms with Crippen LogP contribution < -0.4 is 0 Å². The van der Waals surface area contributed by atoms with Crippen LogP contribution in [-0.2, 0) is 0 Å². The maximum atomic E-state index is 6.67. The van der Waals surface area contributed by atoms with Crippen LogP contribution in [-0.4, -0.2) is 27.4 Å². The molecular formula is C132H76N6O5S. The fraction of sp³-hybridized carbons (Fsp3) is 0. The van der Waals surface area contributed by atoms with Gasteiger partial charge in [0.15, 0.2) is 5.58 Å². The third kappa shape index (κ3) is 11.2. The first kappa shape index (κ1) is 78.9. The number of para-hydroxylation sites is 12. The quantitative estimate of drug-likeness (QED) is 0.158. The van der Waals surface area contributed by atoms with Crippen LogP contribution in [0.1, 0.15) is 0 Å². The summed E-state index contributed by atoms with van der Waals surface area (Å²) in [6.45, 7) is 0. The molecule has 144 heavy (non-hydrogen) atoms. The Kier molecular flexibility index (Phi) is 16.5. The fourth-order valence-electron chi connectivity index (χ4n) is 24.3. The SMILES string of the molecule is c1ccc(-n2c3ccc4c5ccccc5oc4c3c3ccc4c(c5ccccc5n4-c4ccc5sc6ccccc6c5c4)c32)cc1.c1ccc(-n2c3ccc4c5ccccc5oc4c3c3ccc4c(c5ccccc5n4-c4cccc(-c5ccc6oc7ccccc7c6c5)c4)c32)cc1.c1ccc(-n2c3ccc4c5ccccc5oc4c3c3ccc4c(c5ccccc5n4-c4cccc5c4oc4ccccc45)c32)cc1. The molecule has 0 aliphatic heterocycles. The highest BCUT2D eigenvalue weighted by molar-refractivity contribution is 7.25. The van der Waals surface area contributed by atoms with Crippen molar-refractivity contribution in [1.29, 1.82) is 0 Å². The molecule has 0 atom stereocenters. The van der Waals surface area contributed by atoms with Gasteiger partial charge < -0.3 is 49.5 Å². The molecule has 0 fully saturated rings. The molecule has 34 aromatic rings. The first-order valence-corrected chi connectivity index (χ1v) is 49.7. The van der Waals surface area contributed by atoms with Gasteiger partial charge in [-0.25, -0.2) is 0 Å². The number of hydrogen-bond acceptors (Lipinski definition) is 6. The van der Waals surface area contributed by atoms with E-state index in [4.69, 9.17) is 22.1 Å². The lowest BCUT2D eigenvalue weighted by Gasteiger charge is -2.11. The minimum absolute atomic E-state index is 0.888. The number of fused-ring (bicyclic) bond motifs is 42. The molecule has 0 unspecified atom stereocenters. The average molecular weight is 1860 g/mol. The molecule has 34 rings (SSSR count). The van der Waals surface area contributed by atoms with Crippen LogP contribution in [0.4, 0.5) is 0 Å². The molecule has 0 aliphatic rings. The van der Waals surface area contributed by atoms with E-state index in [9.17, 15) is 0 Å². The largest absolute Gasteiger partial charge is 0.456 e. The maximum Gasteiger partial charge on any atom is 0.159 e. The van der Waals surface area contributed by atoms with Gasteiger partial charge in [-0.3, -0.25) is 0 Å². The van der Waals surface area contributed by atoms with E-state index in [2.05, 4.69) is 446 Å². The van der Waals surface area contributed by atoms with Crippen LogP contribution in [0, 0.1) is 0 Å². The van der Waals surface area contributed by atoms with Gasteiger partial charge in [0, 0.05) is 151 Å². The molecule has 22 aromatic carbocycles. The van der Waals surface area contributed by atoms with E-state index in [1.807, 2.05) is 53.8 Å². The Morgan fingerprint density at radius 2 is 0.458 bits per heavy atom. The van der Waals surface area contributed by atoms with Crippen molar-refractivity contribution in [3.63, 3.8) is 0 Å². The molecule has 0 bridgehead atoms. The lowest BCUT2D eigenvalue weighted by atomic mass is 10.0. The first-order chi connectivity index (χ1) is 71.5. The zero-order valence-corrected chi connectivity index (χ0v) is 77.8. The van der Waals surface area contributed by atoms with Crippen molar-refractivity contribution in [3.05, 3.63) is 461 Å². The van der Waals surface area contributed by atoms with Crippen LogP contribution in [0.25, 0.3) is 306 Å². The van der Waals surface area contributed by atoms with Gasteiger partial charge >= 0.3 is 0 Å². The summed E-state index contributed by atoms with van der Waals surface area (Å²) < 4.78 is 49.8. The molecular weight excluding hydrogens is 1780 g/mol. The second kappa shape index (κ2) is 30.2. The number of benzene rings is 22. The molecule has 11 nitrogen and oxygen atoms in total. The molecule has 0 N–H and O–H groups in total. The van der Waals surface area contributed by atoms with Crippen molar-refractivity contribution in [2.45, 2.75) is 0 Å². The molecule has 12 heterocycles. The lowest BCUT2D eigenvalue weighted by Crippen LogP contribution is -1.95. The highest BCUT2D eigenvalue weighted by atomic mass is 32.1. The van der Waals surface area contributed by atoms with E-state index in [0.717, 1.165) is 204 Å². The smallest absolute Gasteiger partial charge is 0.159 e. The van der Waals surface area contributed by atoms with Crippen molar-refractivity contribution in [1.82, 2.24) is 27.4 Å². The molecule has 0 spiro atoms. The normalized spacial score (nSPS) is 12.3. The summed E-state index contributed by atoms with van der Waals surface area (Å²) in [5.74, 6) is 0. The van der Waals surface area contributed by atoms with Crippen LogP contribution in [0.3, 0.4) is 0 Å². The van der Waals surface area contributed by atoms with Crippen molar-refractivity contribution in [3.8, 4) is 45.3 Å². The van der Waals surface area contributed by atoms with Crippen LogP contribution >= 0.6 is 11.3 Å². The highest BCUT2D eigenvalue weighted by Crippen LogP contribution is 2.53. The van der Waals surface area contributed by atoms with E-state index in [1.165, 1.54) is 102 Å². The third-order valence-corrected chi connectivity index (χ3v) is 31.5. The highest BCUT2D eigenvalue weighted by Gasteiger charge is 2.31. The van der Waals surface area contributed by atoms with Crippen molar-refractivity contribution >= 4 is 272 Å². The standard InChI is InChI=1S/C48H28N2O2.C42H24N2O2.C42H24N2OS/c1-2-12-31(13-3-1)50-41-24-22-35-33-15-5-9-20-43(33)52-48(35)46(41)37-23-25-40-45(47(37)50)36-17-4-7-18-39(36)49(40)32-14-10-11-29(27-32)30-21-26-44-38(28-30)34-16-6-8-19-42(34)51-44;1-2-11-25(12-3-1)43-34-23-21-29-27-14-6-9-20-37(27)46-42(29)39(34)31-22-24-33-38(40(31)43)30-15-4-7-17-32(30)44(33)35-18-10-16-28-26-13-5-8-19-36(26)45-41(28)35;1-2-10-25(11-3-1)44-35-21-19-29-27-12-5-8-16-36(27)45-42(29)40(35)31-20-22-34-39(41(31)44)30-14-4-7-15-33(30)43(34)26-18-23-38-32(24-26)28-13-6-9-17-37(28)46-38/h1-28H;2*1-24H. The van der Waals surface area contributed by atoms with E-state index >= 15 is 0 Å². The zero-order valence-electron chi connectivity index (χ0n) is 77.0. The monoisotopic (exact) mass is 1860 g/mol. The van der Waals surface area contributed by atoms with E-state index in [0.29, 0.717) is 0 Å². The molecule has 12 aromatic heterocycles.